The fraction of sp³-hybridized carbons (Fsp3) is 0.167. The van der Waals surface area contributed by atoms with Gasteiger partial charge in [0.1, 0.15) is 10.7 Å². The van der Waals surface area contributed by atoms with Crippen molar-refractivity contribution < 1.29 is 22.1 Å². The van der Waals surface area contributed by atoms with Crippen LogP contribution in [0.2, 0.25) is 0 Å². The van der Waals surface area contributed by atoms with Gasteiger partial charge in [0.15, 0.2) is 5.03 Å². The van der Waals surface area contributed by atoms with Crippen molar-refractivity contribution in [1.82, 2.24) is 4.98 Å². The molecule has 1 rings (SSSR count). The van der Waals surface area contributed by atoms with E-state index in [2.05, 4.69) is 20.9 Å². The summed E-state index contributed by atoms with van der Waals surface area (Å²) in [7, 11) is 0.382. The lowest BCUT2D eigenvalue weighted by atomic mass is 10.3. The smallest absolute Gasteiger partial charge is 0.258 e. The first-order valence-corrected chi connectivity index (χ1v) is 6.82. The van der Waals surface area contributed by atoms with Crippen LogP contribution in [-0.2, 0) is 9.05 Å². The number of nitro groups is 1. The summed E-state index contributed by atoms with van der Waals surface area (Å²) in [5.41, 5.74) is -1.90. The van der Waals surface area contributed by atoms with Gasteiger partial charge in [-0.15, -0.1) is 0 Å². The van der Waals surface area contributed by atoms with E-state index in [0.717, 1.165) is 0 Å². The van der Waals surface area contributed by atoms with Crippen molar-refractivity contribution in [2.24, 2.45) is 0 Å². The molecule has 11 heteroatoms. The lowest BCUT2D eigenvalue weighted by Crippen LogP contribution is -2.05. The van der Waals surface area contributed by atoms with Crippen molar-refractivity contribution in [2.75, 3.05) is 0 Å². The number of nitrogens with zero attached hydrogens (tertiary/aromatic N) is 2. The Morgan fingerprint density at radius 2 is 2.06 bits per heavy atom. The summed E-state index contributed by atoms with van der Waals surface area (Å²) < 4.78 is 46.6. The normalized spacial score (nSPS) is 11.8. The molecule has 0 bridgehead atoms. The quantitative estimate of drug-likeness (QED) is 0.474. The molecule has 0 N–H and O–H groups in total. The molecule has 1 aromatic rings. The van der Waals surface area contributed by atoms with E-state index in [1.54, 1.807) is 0 Å². The standard InChI is InChI=1S/C6H2BrClF2N2O4S/c7-4-2(12(13)14)1-11-6(17(8,15)16)3(4)5(9)10/h1,5H. The molecule has 0 radical (unpaired) electrons. The monoisotopic (exact) mass is 350 g/mol. The Kier molecular flexibility index (Phi) is 3.99. The third-order valence-electron chi connectivity index (χ3n) is 1.64. The van der Waals surface area contributed by atoms with Gasteiger partial charge in [0.05, 0.1) is 10.5 Å². The molecule has 0 saturated heterocycles. The maximum Gasteiger partial charge on any atom is 0.302 e. The summed E-state index contributed by atoms with van der Waals surface area (Å²) >= 11 is 2.54. The predicted molar refractivity (Wildman–Crippen MR) is 56.6 cm³/mol. The molecule has 0 aliphatic rings. The summed E-state index contributed by atoms with van der Waals surface area (Å²) in [6.45, 7) is 0. The molecule has 0 unspecified atom stereocenters. The molecule has 0 spiro atoms. The summed E-state index contributed by atoms with van der Waals surface area (Å²) in [6, 6.07) is 0. The van der Waals surface area contributed by atoms with Gasteiger partial charge in [-0.25, -0.2) is 22.2 Å². The van der Waals surface area contributed by atoms with Crippen LogP contribution in [0.5, 0.6) is 0 Å². The molecule has 0 aromatic carbocycles. The molecule has 0 saturated carbocycles. The van der Waals surface area contributed by atoms with Gasteiger partial charge in [0.2, 0.25) is 0 Å². The van der Waals surface area contributed by atoms with Crippen LogP contribution in [0.15, 0.2) is 15.7 Å². The van der Waals surface area contributed by atoms with E-state index < -0.39 is 41.1 Å². The second-order valence-corrected chi connectivity index (χ2v) is 5.95. The predicted octanol–water partition coefficient (Wildman–Crippen LogP) is 2.62. The number of aromatic nitrogens is 1. The van der Waals surface area contributed by atoms with Crippen LogP contribution >= 0.6 is 26.6 Å². The first kappa shape index (κ1) is 14.2. The van der Waals surface area contributed by atoms with Crippen LogP contribution < -0.4 is 0 Å². The van der Waals surface area contributed by atoms with E-state index in [4.69, 9.17) is 10.7 Å². The molecule has 1 aromatic heterocycles. The van der Waals surface area contributed by atoms with Crippen LogP contribution in [0.4, 0.5) is 14.5 Å². The van der Waals surface area contributed by atoms with Gasteiger partial charge in [0.25, 0.3) is 15.5 Å². The van der Waals surface area contributed by atoms with Gasteiger partial charge in [-0.05, 0) is 15.9 Å². The highest BCUT2D eigenvalue weighted by Gasteiger charge is 2.31. The molecule has 0 aliphatic carbocycles. The van der Waals surface area contributed by atoms with Gasteiger partial charge in [-0.1, -0.05) is 0 Å². The molecule has 0 amide bonds. The minimum Gasteiger partial charge on any atom is -0.258 e. The van der Waals surface area contributed by atoms with Crippen LogP contribution in [0.25, 0.3) is 0 Å². The number of rotatable bonds is 3. The van der Waals surface area contributed by atoms with Crippen molar-refractivity contribution in [1.29, 1.82) is 0 Å². The number of pyridine rings is 1. The van der Waals surface area contributed by atoms with Gasteiger partial charge < -0.3 is 0 Å². The van der Waals surface area contributed by atoms with E-state index in [9.17, 15) is 27.3 Å². The second kappa shape index (κ2) is 4.78. The third-order valence-corrected chi connectivity index (χ3v) is 3.70. The Morgan fingerprint density at radius 3 is 2.41 bits per heavy atom. The zero-order chi connectivity index (χ0) is 13.4. The van der Waals surface area contributed by atoms with Gasteiger partial charge >= 0.3 is 5.69 Å². The van der Waals surface area contributed by atoms with Crippen LogP contribution in [0.1, 0.15) is 12.0 Å². The molecular weight excluding hydrogens is 349 g/mol. The molecule has 0 atom stereocenters. The largest absolute Gasteiger partial charge is 0.302 e. The summed E-state index contributed by atoms with van der Waals surface area (Å²) in [6.07, 6.45) is -2.74. The maximum absolute atomic E-state index is 12.6. The van der Waals surface area contributed by atoms with Crippen molar-refractivity contribution in [3.05, 3.63) is 26.3 Å². The minimum atomic E-state index is -4.51. The Bertz CT molecular complexity index is 580. The molecule has 6 nitrogen and oxygen atoms in total. The van der Waals surface area contributed by atoms with E-state index in [1.807, 2.05) is 0 Å². The number of hydrogen-bond acceptors (Lipinski definition) is 5. The molecule has 94 valence electrons. The van der Waals surface area contributed by atoms with E-state index in [-0.39, 0.29) is 0 Å². The Hall–Kier alpha value is -0.870. The van der Waals surface area contributed by atoms with Crippen LogP contribution in [0, 0.1) is 10.1 Å². The molecule has 0 fully saturated rings. The van der Waals surface area contributed by atoms with Gasteiger partial charge in [0, 0.05) is 10.7 Å². The first-order chi connectivity index (χ1) is 7.66. The van der Waals surface area contributed by atoms with Crippen molar-refractivity contribution in [2.45, 2.75) is 11.5 Å². The summed E-state index contributed by atoms with van der Waals surface area (Å²) in [4.78, 5) is 12.6. The zero-order valence-corrected chi connectivity index (χ0v) is 10.8. The van der Waals surface area contributed by atoms with Crippen molar-refractivity contribution >= 4 is 41.4 Å². The number of halogens is 4. The van der Waals surface area contributed by atoms with Gasteiger partial charge in [-0.3, -0.25) is 10.1 Å². The Labute approximate surface area is 106 Å². The Balaban J connectivity index is 3.69. The highest BCUT2D eigenvalue weighted by molar-refractivity contribution is 9.10. The third kappa shape index (κ3) is 2.87. The molecule has 17 heavy (non-hydrogen) atoms. The average molecular weight is 352 g/mol. The van der Waals surface area contributed by atoms with Gasteiger partial charge in [-0.2, -0.15) is 0 Å². The fourth-order valence-electron chi connectivity index (χ4n) is 0.989. The van der Waals surface area contributed by atoms with Crippen molar-refractivity contribution in [3.8, 4) is 0 Å². The second-order valence-electron chi connectivity index (χ2n) is 2.67. The van der Waals surface area contributed by atoms with Crippen LogP contribution in [0.3, 0.4) is 0 Å². The highest BCUT2D eigenvalue weighted by Crippen LogP contribution is 2.38. The SMILES string of the molecule is O=[N+]([O-])c1cnc(S(=O)(=O)Cl)c(C(F)F)c1Br. The summed E-state index contributed by atoms with van der Waals surface area (Å²) in [5, 5.41) is 9.36. The van der Waals surface area contributed by atoms with E-state index >= 15 is 0 Å². The van der Waals surface area contributed by atoms with E-state index in [0.29, 0.717) is 6.20 Å². The molecule has 0 aliphatic heterocycles. The average Bonchev–Trinajstić information content (AvgIpc) is 2.14. The fourth-order valence-corrected chi connectivity index (χ4v) is 2.73. The van der Waals surface area contributed by atoms with E-state index in [1.165, 1.54) is 0 Å². The van der Waals surface area contributed by atoms with Crippen LogP contribution in [-0.4, -0.2) is 18.3 Å². The van der Waals surface area contributed by atoms with Crippen molar-refractivity contribution in [3.63, 3.8) is 0 Å². The zero-order valence-electron chi connectivity index (χ0n) is 7.60. The lowest BCUT2D eigenvalue weighted by Gasteiger charge is -2.07. The maximum atomic E-state index is 12.6. The summed E-state index contributed by atoms with van der Waals surface area (Å²) in [5.74, 6) is 0. The Morgan fingerprint density at radius 1 is 1.53 bits per heavy atom. The first-order valence-electron chi connectivity index (χ1n) is 3.72. The number of alkyl halides is 2. The minimum absolute atomic E-state index is 0.533. The number of hydrogen-bond donors (Lipinski definition) is 0. The lowest BCUT2D eigenvalue weighted by molar-refractivity contribution is -0.386. The topological polar surface area (TPSA) is 90.2 Å². The highest BCUT2D eigenvalue weighted by atomic mass is 79.9. The molecule has 1 heterocycles. The molecular formula is C6H2BrClF2N2O4S.